The van der Waals surface area contributed by atoms with Crippen LogP contribution < -0.4 is 10.9 Å². The number of hydrogen-bond acceptors (Lipinski definition) is 5. The van der Waals surface area contributed by atoms with Gasteiger partial charge in [-0.2, -0.15) is 0 Å². The molecule has 1 saturated heterocycles. The fraction of sp³-hybridized carbons (Fsp3) is 0.600. The second-order valence-electron chi connectivity index (χ2n) is 5.88. The van der Waals surface area contributed by atoms with Gasteiger partial charge in [-0.1, -0.05) is 0 Å². The zero-order valence-corrected chi connectivity index (χ0v) is 14.7. The molecule has 1 N–H and O–H groups in total. The van der Waals surface area contributed by atoms with Crippen LogP contribution in [0.2, 0.25) is 0 Å². The summed E-state index contributed by atoms with van der Waals surface area (Å²) in [7, 11) is 2.01. The highest BCUT2D eigenvalue weighted by Gasteiger charge is 2.20. The molecular weight excluding hydrogens is 320 g/mol. The Morgan fingerprint density at radius 3 is 3.09 bits per heavy atom. The molecule has 1 fully saturated rings. The summed E-state index contributed by atoms with van der Waals surface area (Å²) in [5.74, 6) is 0.706. The Morgan fingerprint density at radius 1 is 1.50 bits per heavy atom. The molecule has 1 aliphatic heterocycles. The van der Waals surface area contributed by atoms with Crippen LogP contribution in [0.4, 0.5) is 0 Å². The van der Waals surface area contributed by atoms with Gasteiger partial charge in [0.05, 0.1) is 5.69 Å². The number of likely N-dealkylation sites (tertiary alicyclic amines) is 1. The summed E-state index contributed by atoms with van der Waals surface area (Å²) >= 11 is 1.54. The molecule has 0 bridgehead atoms. The van der Waals surface area contributed by atoms with Gasteiger partial charge in [0.1, 0.15) is 0 Å². The number of nitrogens with zero attached hydrogens (tertiary/aromatic N) is 3. The number of halogens is 1. The number of nitrogens with one attached hydrogen (secondary N) is 1. The molecule has 3 heterocycles. The van der Waals surface area contributed by atoms with Gasteiger partial charge in [-0.3, -0.25) is 14.1 Å². The molecule has 0 aromatic carbocycles. The maximum atomic E-state index is 12.2. The van der Waals surface area contributed by atoms with Crippen LogP contribution >= 0.6 is 23.7 Å². The molecule has 0 radical (unpaired) electrons. The monoisotopic (exact) mass is 342 g/mol. The lowest BCUT2D eigenvalue weighted by Gasteiger charge is -2.32. The number of rotatable bonds is 4. The van der Waals surface area contributed by atoms with Gasteiger partial charge in [0, 0.05) is 30.2 Å². The van der Waals surface area contributed by atoms with Gasteiger partial charge in [-0.05, 0) is 45.8 Å². The summed E-state index contributed by atoms with van der Waals surface area (Å²) in [6, 6.07) is 1.69. The molecule has 3 rings (SSSR count). The summed E-state index contributed by atoms with van der Waals surface area (Å²) in [4.78, 5) is 20.1. The largest absolute Gasteiger partial charge is 0.319 e. The van der Waals surface area contributed by atoms with Crippen LogP contribution in [0.3, 0.4) is 0 Å². The fourth-order valence-electron chi connectivity index (χ4n) is 3.16. The topological polar surface area (TPSA) is 49.6 Å². The molecule has 1 unspecified atom stereocenters. The van der Waals surface area contributed by atoms with E-state index in [0.29, 0.717) is 5.92 Å². The Labute approximate surface area is 140 Å². The highest BCUT2D eigenvalue weighted by molar-refractivity contribution is 7.15. The van der Waals surface area contributed by atoms with Crippen LogP contribution in [0.1, 0.15) is 24.2 Å². The quantitative estimate of drug-likeness (QED) is 0.922. The lowest BCUT2D eigenvalue weighted by molar-refractivity contribution is 0.165. The maximum absolute atomic E-state index is 12.2. The molecular formula is C15H23ClN4OS. The first-order valence-electron chi connectivity index (χ1n) is 7.51. The molecule has 0 spiro atoms. The van der Waals surface area contributed by atoms with Crippen LogP contribution in [0, 0.1) is 12.8 Å². The third-order valence-corrected chi connectivity index (χ3v) is 5.05. The van der Waals surface area contributed by atoms with Gasteiger partial charge >= 0.3 is 0 Å². The van der Waals surface area contributed by atoms with E-state index in [-0.39, 0.29) is 18.0 Å². The van der Waals surface area contributed by atoms with Gasteiger partial charge < -0.3 is 5.32 Å². The number of hydrogen-bond donors (Lipinski definition) is 1. The van der Waals surface area contributed by atoms with Crippen molar-refractivity contribution in [2.24, 2.45) is 5.92 Å². The Morgan fingerprint density at radius 2 is 2.32 bits per heavy atom. The van der Waals surface area contributed by atoms with E-state index in [1.165, 1.54) is 24.2 Å². The standard InChI is InChI=1S/C15H22N4OS.ClH/c1-11-10-21-15-17-13(6-14(20)19(11)15)9-18-5-3-4-12(8-18)7-16-2;/h6,10,12,16H,3-5,7-9H2,1-2H3;1H. The highest BCUT2D eigenvalue weighted by atomic mass is 35.5. The summed E-state index contributed by atoms with van der Waals surface area (Å²) in [6.45, 7) is 5.98. The van der Waals surface area contributed by atoms with Gasteiger partial charge in [-0.15, -0.1) is 23.7 Å². The van der Waals surface area contributed by atoms with Crippen LogP contribution in [0.25, 0.3) is 4.96 Å². The minimum Gasteiger partial charge on any atom is -0.319 e. The normalized spacial score (nSPS) is 19.3. The van der Waals surface area contributed by atoms with E-state index in [4.69, 9.17) is 0 Å². The predicted octanol–water partition coefficient (Wildman–Crippen LogP) is 1.92. The number of piperidine rings is 1. The van der Waals surface area contributed by atoms with Gasteiger partial charge in [0.2, 0.25) is 0 Å². The van der Waals surface area contributed by atoms with Gasteiger partial charge in [-0.25, -0.2) is 4.98 Å². The Hall–Kier alpha value is -0.950. The molecule has 0 amide bonds. The van der Waals surface area contributed by atoms with Crippen molar-refractivity contribution in [3.63, 3.8) is 0 Å². The molecule has 5 nitrogen and oxygen atoms in total. The first-order chi connectivity index (χ1) is 10.2. The minimum atomic E-state index is 0. The molecule has 7 heteroatoms. The minimum absolute atomic E-state index is 0. The second-order valence-corrected chi connectivity index (χ2v) is 6.72. The first kappa shape index (κ1) is 17.4. The maximum Gasteiger partial charge on any atom is 0.259 e. The summed E-state index contributed by atoms with van der Waals surface area (Å²) in [5, 5.41) is 5.25. The van der Waals surface area contributed by atoms with Crippen LogP contribution in [0.15, 0.2) is 16.2 Å². The summed E-state index contributed by atoms with van der Waals surface area (Å²) in [6.07, 6.45) is 2.52. The van der Waals surface area contributed by atoms with E-state index in [1.807, 2.05) is 19.4 Å². The van der Waals surface area contributed by atoms with Crippen molar-refractivity contribution in [2.75, 3.05) is 26.7 Å². The highest BCUT2D eigenvalue weighted by Crippen LogP contribution is 2.18. The van der Waals surface area contributed by atoms with Crippen molar-refractivity contribution in [1.29, 1.82) is 0 Å². The van der Waals surface area contributed by atoms with E-state index in [9.17, 15) is 4.79 Å². The lowest BCUT2D eigenvalue weighted by atomic mass is 9.98. The number of aromatic nitrogens is 2. The van der Waals surface area contributed by atoms with Crippen LogP contribution in [0.5, 0.6) is 0 Å². The van der Waals surface area contributed by atoms with Crippen molar-refractivity contribution in [3.8, 4) is 0 Å². The molecule has 0 aliphatic carbocycles. The Balaban J connectivity index is 0.00000176. The van der Waals surface area contributed by atoms with E-state index >= 15 is 0 Å². The molecule has 122 valence electrons. The average Bonchev–Trinajstić information content (AvgIpc) is 2.81. The zero-order chi connectivity index (χ0) is 14.8. The molecule has 2 aromatic rings. The molecule has 1 atom stereocenters. The Kier molecular flexibility index (Phi) is 5.97. The third-order valence-electron chi connectivity index (χ3n) is 4.11. The average molecular weight is 343 g/mol. The fourth-order valence-corrected chi connectivity index (χ4v) is 4.05. The number of thiazole rings is 1. The second kappa shape index (κ2) is 7.55. The van der Waals surface area contributed by atoms with Crippen molar-refractivity contribution in [1.82, 2.24) is 19.6 Å². The van der Waals surface area contributed by atoms with Crippen LogP contribution in [-0.2, 0) is 6.54 Å². The van der Waals surface area contributed by atoms with Crippen molar-refractivity contribution >= 4 is 28.7 Å². The van der Waals surface area contributed by atoms with Crippen LogP contribution in [-0.4, -0.2) is 41.0 Å². The first-order valence-corrected chi connectivity index (χ1v) is 8.39. The van der Waals surface area contributed by atoms with E-state index in [1.54, 1.807) is 10.5 Å². The smallest absolute Gasteiger partial charge is 0.259 e. The molecule has 0 saturated carbocycles. The zero-order valence-electron chi connectivity index (χ0n) is 13.0. The van der Waals surface area contributed by atoms with E-state index < -0.39 is 0 Å². The third kappa shape index (κ3) is 3.68. The molecule has 22 heavy (non-hydrogen) atoms. The molecule has 1 aliphatic rings. The van der Waals surface area contributed by atoms with Gasteiger partial charge in [0.25, 0.3) is 5.56 Å². The SMILES string of the molecule is CNCC1CCCN(Cc2cc(=O)n3c(C)csc3n2)C1.Cl. The number of aryl methyl sites for hydroxylation is 1. The summed E-state index contributed by atoms with van der Waals surface area (Å²) in [5.41, 5.74) is 1.90. The van der Waals surface area contributed by atoms with E-state index in [2.05, 4.69) is 15.2 Å². The lowest BCUT2D eigenvalue weighted by Crippen LogP contribution is -2.38. The Bertz CT molecular complexity index is 682. The predicted molar refractivity (Wildman–Crippen MR) is 93.3 cm³/mol. The van der Waals surface area contributed by atoms with Crippen molar-refractivity contribution in [2.45, 2.75) is 26.3 Å². The summed E-state index contributed by atoms with van der Waals surface area (Å²) < 4.78 is 1.69. The van der Waals surface area contributed by atoms with E-state index in [0.717, 1.165) is 42.5 Å². The van der Waals surface area contributed by atoms with Crippen molar-refractivity contribution < 1.29 is 0 Å². The van der Waals surface area contributed by atoms with Crippen molar-refractivity contribution in [3.05, 3.63) is 33.2 Å². The molecule has 2 aromatic heterocycles. The van der Waals surface area contributed by atoms with Gasteiger partial charge in [0.15, 0.2) is 4.96 Å². The number of fused-ring (bicyclic) bond motifs is 1.